The number of rotatable bonds is 11. The van der Waals surface area contributed by atoms with Crippen molar-refractivity contribution in [3.05, 3.63) is 446 Å². The Morgan fingerprint density at radius 1 is 0.175 bits per heavy atom. The van der Waals surface area contributed by atoms with E-state index in [0.29, 0.717) is 0 Å². The van der Waals surface area contributed by atoms with E-state index in [9.17, 15) is 0 Å². The van der Waals surface area contributed by atoms with Gasteiger partial charge in [0.15, 0.2) is 17.5 Å². The lowest BCUT2D eigenvalue weighted by Crippen LogP contribution is -2.17. The number of furan rings is 1. The molecule has 4 aromatic heterocycles. The van der Waals surface area contributed by atoms with Gasteiger partial charge in [0.1, 0.15) is 11.2 Å². The van der Waals surface area contributed by atoms with Crippen LogP contribution in [0.25, 0.3) is 201 Å². The van der Waals surface area contributed by atoms with E-state index >= 15 is 0 Å². The van der Waals surface area contributed by atoms with Crippen LogP contribution in [0.4, 0.5) is 0 Å². The smallest absolute Gasteiger partial charge is 0.160 e. The summed E-state index contributed by atoms with van der Waals surface area (Å²) < 4.78 is 6.08. The first-order valence-electron chi connectivity index (χ1n) is 43.4. The number of hydrogen-bond acceptors (Lipinski definition) is 7. The first-order valence-corrected chi connectivity index (χ1v) is 43.4. The fourth-order valence-corrected chi connectivity index (χ4v) is 19.5. The van der Waals surface area contributed by atoms with Crippen LogP contribution >= 0.6 is 0 Å². The molecule has 0 unspecified atom stereocenters. The van der Waals surface area contributed by atoms with Crippen LogP contribution in [0.1, 0.15) is 74.9 Å². The summed E-state index contributed by atoms with van der Waals surface area (Å²) in [6, 6.07) is 146. The zero-order valence-corrected chi connectivity index (χ0v) is 70.9. The van der Waals surface area contributed by atoms with E-state index in [1.54, 1.807) is 0 Å². The Labute approximate surface area is 733 Å². The van der Waals surface area contributed by atoms with Gasteiger partial charge in [-0.05, 0) is 136 Å². The molecule has 0 bridgehead atoms. The molecule has 3 aliphatic carbocycles. The predicted molar refractivity (Wildman–Crippen MR) is 521 cm³/mol. The van der Waals surface area contributed by atoms with Crippen LogP contribution in [-0.4, -0.2) is 29.9 Å². The van der Waals surface area contributed by atoms with Crippen LogP contribution in [-0.2, 0) is 16.2 Å². The zero-order valence-electron chi connectivity index (χ0n) is 70.9. The van der Waals surface area contributed by atoms with E-state index in [1.165, 1.54) is 116 Å². The highest BCUT2D eigenvalue weighted by atomic mass is 16.3. The lowest BCUT2D eigenvalue weighted by molar-refractivity contribution is 0.657. The Hall–Kier alpha value is -15.7. The van der Waals surface area contributed by atoms with Gasteiger partial charge in [-0.1, -0.05) is 412 Å². The molecule has 0 aliphatic heterocycles. The number of hydrogen-bond donors (Lipinski definition) is 0. The molecule has 21 aromatic rings. The lowest BCUT2D eigenvalue weighted by atomic mass is 9.80. The monoisotopic (exact) mass is 1610 g/mol. The summed E-state index contributed by atoms with van der Waals surface area (Å²) in [5.41, 5.74) is 36.6. The van der Waals surface area contributed by atoms with Crippen LogP contribution in [0.5, 0.6) is 0 Å². The van der Waals surface area contributed by atoms with E-state index in [2.05, 4.69) is 387 Å². The van der Waals surface area contributed by atoms with Crippen LogP contribution < -0.4 is 0 Å². The summed E-state index contributed by atoms with van der Waals surface area (Å²) in [4.78, 5) is 31.2. The molecular formula is C119H86N6O. The highest BCUT2D eigenvalue weighted by Gasteiger charge is 2.43. The van der Waals surface area contributed by atoms with Gasteiger partial charge < -0.3 is 4.42 Å². The minimum Gasteiger partial charge on any atom is -0.456 e. The molecule has 4 heterocycles. The molecular weight excluding hydrogens is 1530 g/mol. The van der Waals surface area contributed by atoms with Gasteiger partial charge >= 0.3 is 0 Å². The summed E-state index contributed by atoms with van der Waals surface area (Å²) in [6.07, 6.45) is 0. The number of fused-ring (bicyclic) bond motifs is 14. The van der Waals surface area contributed by atoms with Crippen molar-refractivity contribution in [3.63, 3.8) is 0 Å². The molecule has 598 valence electrons. The number of benzene rings is 17. The first kappa shape index (κ1) is 76.4. The summed E-state index contributed by atoms with van der Waals surface area (Å²) in [5, 5.41) is 7.31. The average molecular weight is 1620 g/mol. The molecule has 3 aliphatic rings. The number of nitrogens with zero attached hydrogens (tertiary/aromatic N) is 6. The van der Waals surface area contributed by atoms with Crippen molar-refractivity contribution >= 4 is 43.5 Å². The summed E-state index contributed by atoms with van der Waals surface area (Å²) >= 11 is 0. The second-order valence-electron chi connectivity index (χ2n) is 34.8. The molecule has 0 saturated carbocycles. The molecule has 0 saturated heterocycles. The highest BCUT2D eigenvalue weighted by molar-refractivity contribution is 6.06. The van der Waals surface area contributed by atoms with Gasteiger partial charge in [0.2, 0.25) is 0 Å². The molecule has 0 spiro atoms. The SMILES string of the molecule is CC1(C)c2ccc(-c3ccc(-c4ccc5ccccc5c4)cc3)cc2-c2nc(-c3ccccc3)nc(-c3ccccc3)c21.CC1(C)c2ccccc2-c2nc(-c3ccccc3)nc(-c3ccc(-c4ccc(-c5ccc6ccccc6c5)cc4)cc3)c21.CC1(C)c2ccccc2-c2nc(-c3ccccc3)nc(-c3cccc(-c4ccc5oc6ccccc6c5c4)c3)c21. The van der Waals surface area contributed by atoms with Crippen molar-refractivity contribution < 1.29 is 4.42 Å². The third-order valence-electron chi connectivity index (χ3n) is 26.0. The largest absolute Gasteiger partial charge is 0.456 e. The van der Waals surface area contributed by atoms with Crippen LogP contribution in [0.15, 0.2) is 417 Å². The fourth-order valence-electron chi connectivity index (χ4n) is 19.5. The van der Waals surface area contributed by atoms with E-state index in [4.69, 9.17) is 34.3 Å². The molecule has 0 fully saturated rings. The standard InChI is InChI=1S/2C41H30N2.C37H26N2O/c1-41(2)36-24-23-34(29-19-17-28(18-20-29)33-22-21-27-11-9-10-16-32(27)25-33)26-35(36)39-37(41)38(30-12-5-3-6-13-30)42-40(43-39)31-14-7-4-8-15-31;1-41(2)36-15-9-8-14-35(36)39-37(41)38(42-40(43-39)32-11-4-3-5-12-32)31-23-20-29(21-24-31)28-16-18-30(19-17-28)34-25-22-27-10-6-7-13-33(27)26-34;1-37(2)30-17-8-6-16-28(30)35-33(37)34(38-36(39-35)23-11-4-3-5-12-23)26-14-10-13-24(21-26)25-19-20-32-29(22-25)27-15-7-9-18-31(27)40-32/h2*3-26H,1-2H3;3-22H,1-2H3. The number of aromatic nitrogens is 6. The Kier molecular flexibility index (Phi) is 18.8. The Bertz CT molecular complexity index is 7810. The second kappa shape index (κ2) is 31.0. The topological polar surface area (TPSA) is 90.5 Å². The van der Waals surface area contributed by atoms with Crippen LogP contribution in [0, 0.1) is 0 Å². The Morgan fingerprint density at radius 3 is 0.944 bits per heavy atom. The van der Waals surface area contributed by atoms with Gasteiger partial charge in [-0.3, -0.25) is 0 Å². The molecule has 7 nitrogen and oxygen atoms in total. The maximum absolute atomic E-state index is 6.08. The first-order chi connectivity index (χ1) is 61.7. The van der Waals surface area contributed by atoms with Crippen LogP contribution in [0.2, 0.25) is 0 Å². The third kappa shape index (κ3) is 13.6. The quantitative estimate of drug-likeness (QED) is 0.127. The molecule has 126 heavy (non-hydrogen) atoms. The van der Waals surface area contributed by atoms with E-state index in [-0.39, 0.29) is 16.2 Å². The summed E-state index contributed by atoms with van der Waals surface area (Å²) in [6.45, 7) is 13.8. The fraction of sp³-hybridized carbons (Fsp3) is 0.0756. The van der Waals surface area contributed by atoms with Crippen molar-refractivity contribution in [1.82, 2.24) is 29.9 Å². The maximum Gasteiger partial charge on any atom is 0.160 e. The normalized spacial score (nSPS) is 13.2. The molecule has 0 radical (unpaired) electrons. The summed E-state index contributed by atoms with van der Waals surface area (Å²) in [7, 11) is 0. The molecule has 0 amide bonds. The molecule has 17 aromatic carbocycles. The van der Waals surface area contributed by atoms with E-state index in [0.717, 1.165) is 118 Å². The predicted octanol–water partition coefficient (Wildman–Crippen LogP) is 30.9. The van der Waals surface area contributed by atoms with E-state index in [1.807, 2.05) is 66.7 Å². The van der Waals surface area contributed by atoms with Gasteiger partial charge in [0.25, 0.3) is 0 Å². The lowest BCUT2D eigenvalue weighted by Gasteiger charge is -2.24. The molecule has 24 rings (SSSR count). The van der Waals surface area contributed by atoms with Crippen molar-refractivity contribution in [2.75, 3.05) is 0 Å². The second-order valence-corrected chi connectivity index (χ2v) is 34.8. The maximum atomic E-state index is 6.08. The van der Waals surface area contributed by atoms with Crippen molar-refractivity contribution in [3.8, 4) is 157 Å². The van der Waals surface area contributed by atoms with Gasteiger partial charge in [-0.2, -0.15) is 0 Å². The van der Waals surface area contributed by atoms with Gasteiger partial charge in [-0.25, -0.2) is 29.9 Å². The highest BCUT2D eigenvalue weighted by Crippen LogP contribution is 2.56. The van der Waals surface area contributed by atoms with Crippen molar-refractivity contribution in [2.45, 2.75) is 57.8 Å². The minimum absolute atomic E-state index is 0.201. The van der Waals surface area contributed by atoms with Crippen LogP contribution in [0.3, 0.4) is 0 Å². The zero-order chi connectivity index (χ0) is 84.8. The number of para-hydroxylation sites is 1. The Morgan fingerprint density at radius 2 is 0.468 bits per heavy atom. The molecule has 7 heteroatoms. The van der Waals surface area contributed by atoms with Crippen molar-refractivity contribution in [1.29, 1.82) is 0 Å². The van der Waals surface area contributed by atoms with Crippen molar-refractivity contribution in [2.24, 2.45) is 0 Å². The van der Waals surface area contributed by atoms with Gasteiger partial charge in [0.05, 0.1) is 34.2 Å². The van der Waals surface area contributed by atoms with E-state index < -0.39 is 0 Å². The minimum atomic E-state index is -0.233. The summed E-state index contributed by atoms with van der Waals surface area (Å²) in [5.74, 6) is 2.26. The van der Waals surface area contributed by atoms with Gasteiger partial charge in [-0.15, -0.1) is 0 Å². The Balaban J connectivity index is 0.000000112. The molecule has 0 N–H and O–H groups in total. The van der Waals surface area contributed by atoms with Gasteiger partial charge in [0, 0.05) is 93.8 Å². The third-order valence-corrected chi connectivity index (χ3v) is 26.0. The average Bonchev–Trinajstić information content (AvgIpc) is 1.57. The molecule has 0 atom stereocenters.